The van der Waals surface area contributed by atoms with Crippen molar-refractivity contribution in [1.29, 1.82) is 0 Å². The highest BCUT2D eigenvalue weighted by molar-refractivity contribution is 7.15. The van der Waals surface area contributed by atoms with E-state index in [2.05, 4.69) is 25.7 Å². The number of hydrogen-bond acceptors (Lipinski definition) is 7. The summed E-state index contributed by atoms with van der Waals surface area (Å²) in [5.41, 5.74) is 2.36. The Hall–Kier alpha value is -2.79. The zero-order valence-corrected chi connectivity index (χ0v) is 18.2. The molecule has 3 heterocycles. The topological polar surface area (TPSA) is 94.8 Å². The lowest BCUT2D eigenvalue weighted by Crippen LogP contribution is -2.27. The van der Waals surface area contributed by atoms with Crippen LogP contribution in [0.5, 0.6) is 0 Å². The second-order valence-corrected chi connectivity index (χ2v) is 9.33. The van der Waals surface area contributed by atoms with Crippen LogP contribution in [-0.2, 0) is 29.6 Å². The van der Waals surface area contributed by atoms with Crippen LogP contribution < -0.4 is 5.32 Å². The fourth-order valence-corrected chi connectivity index (χ4v) is 5.36. The van der Waals surface area contributed by atoms with Gasteiger partial charge in [-0.05, 0) is 23.1 Å². The zero-order chi connectivity index (χ0) is 22.3. The van der Waals surface area contributed by atoms with Crippen molar-refractivity contribution >= 4 is 22.4 Å². The van der Waals surface area contributed by atoms with Gasteiger partial charge in [0.1, 0.15) is 0 Å². The number of nitrogens with zero attached hydrogens (tertiary/aromatic N) is 5. The zero-order valence-electron chi connectivity index (χ0n) is 17.4. The van der Waals surface area contributed by atoms with Gasteiger partial charge in [-0.1, -0.05) is 35.6 Å². The van der Waals surface area contributed by atoms with Gasteiger partial charge in [0, 0.05) is 24.8 Å². The molecule has 8 nitrogen and oxygen atoms in total. The number of aryl methyl sites for hydroxylation is 1. The van der Waals surface area contributed by atoms with Crippen molar-refractivity contribution in [2.24, 2.45) is 13.0 Å². The van der Waals surface area contributed by atoms with Crippen LogP contribution >= 0.6 is 11.3 Å². The average molecular weight is 461 g/mol. The molecule has 1 amide bonds. The van der Waals surface area contributed by atoms with Gasteiger partial charge < -0.3 is 10.1 Å². The molecule has 1 N–H and O–H groups in total. The first kappa shape index (κ1) is 21.1. The smallest absolute Gasteiger partial charge is 0.248 e. The van der Waals surface area contributed by atoms with Crippen molar-refractivity contribution < 1.29 is 18.3 Å². The van der Waals surface area contributed by atoms with Gasteiger partial charge in [-0.15, -0.1) is 10.2 Å². The maximum atomic E-state index is 14.0. The summed E-state index contributed by atoms with van der Waals surface area (Å²) in [6, 6.07) is 7.15. The summed E-state index contributed by atoms with van der Waals surface area (Å²) < 4.78 is 33.5. The third-order valence-electron chi connectivity index (χ3n) is 5.96. The van der Waals surface area contributed by atoms with E-state index in [9.17, 15) is 13.6 Å². The van der Waals surface area contributed by atoms with Crippen LogP contribution in [0, 0.1) is 5.92 Å². The molecular weight excluding hydrogens is 438 g/mol. The van der Waals surface area contributed by atoms with Crippen LogP contribution in [0.1, 0.15) is 41.3 Å². The molecule has 3 aromatic rings. The van der Waals surface area contributed by atoms with Gasteiger partial charge in [-0.25, -0.2) is 13.8 Å². The maximum Gasteiger partial charge on any atom is 0.248 e. The number of amides is 1. The van der Waals surface area contributed by atoms with E-state index >= 15 is 0 Å². The number of ether oxygens (including phenoxy) is 1. The molecule has 1 saturated carbocycles. The number of hydrogen-bond donors (Lipinski definition) is 1. The Labute approximate surface area is 187 Å². The Kier molecular flexibility index (Phi) is 5.46. The van der Waals surface area contributed by atoms with Crippen LogP contribution in [0.4, 0.5) is 13.9 Å². The summed E-state index contributed by atoms with van der Waals surface area (Å²) in [7, 11) is 1.67. The summed E-state index contributed by atoms with van der Waals surface area (Å²) >= 11 is 1.38. The first-order valence-corrected chi connectivity index (χ1v) is 11.3. The molecule has 11 heteroatoms. The minimum Gasteiger partial charge on any atom is -0.375 e. The highest BCUT2D eigenvalue weighted by Crippen LogP contribution is 2.46. The van der Waals surface area contributed by atoms with Crippen LogP contribution in [-0.4, -0.2) is 43.6 Å². The highest BCUT2D eigenvalue weighted by Gasteiger charge is 2.45. The van der Waals surface area contributed by atoms with Gasteiger partial charge in [0.2, 0.25) is 17.7 Å². The normalized spacial score (nSPS) is 20.7. The SMILES string of the molecule is Cn1nnc(-c2ccc([C@@H](C(=O)Nc3nc4c(s3)COCC4)[C@H]3CCC(F)(F)C3)cc2)n1. The molecule has 0 spiro atoms. The summed E-state index contributed by atoms with van der Waals surface area (Å²) in [5.74, 6) is -3.76. The minimum atomic E-state index is -2.75. The summed E-state index contributed by atoms with van der Waals surface area (Å²) in [6.45, 7) is 1.09. The Morgan fingerprint density at radius 3 is 2.81 bits per heavy atom. The van der Waals surface area contributed by atoms with Gasteiger partial charge >= 0.3 is 0 Å². The molecule has 0 bridgehead atoms. The lowest BCUT2D eigenvalue weighted by molar-refractivity contribution is -0.118. The molecular formula is C21H22F2N6O2S. The van der Waals surface area contributed by atoms with E-state index in [1.807, 2.05) is 0 Å². The molecule has 2 atom stereocenters. The lowest BCUT2D eigenvalue weighted by atomic mass is 9.83. The number of halogens is 2. The van der Waals surface area contributed by atoms with Crippen molar-refractivity contribution in [3.05, 3.63) is 40.4 Å². The van der Waals surface area contributed by atoms with E-state index in [1.165, 1.54) is 16.1 Å². The summed E-state index contributed by atoms with van der Waals surface area (Å²) in [5, 5.41) is 15.4. The van der Waals surface area contributed by atoms with E-state index in [0.29, 0.717) is 42.6 Å². The number of carbonyl (C=O) groups excluding carboxylic acids is 1. The number of benzene rings is 1. The number of nitrogens with one attached hydrogen (secondary N) is 1. The number of fused-ring (bicyclic) bond motifs is 1. The first-order chi connectivity index (χ1) is 15.4. The maximum absolute atomic E-state index is 14.0. The van der Waals surface area contributed by atoms with Crippen LogP contribution in [0.15, 0.2) is 24.3 Å². The number of carbonyl (C=O) groups is 1. The summed E-state index contributed by atoms with van der Waals surface area (Å²) in [6.07, 6.45) is 0.491. The highest BCUT2D eigenvalue weighted by atomic mass is 32.1. The molecule has 1 fully saturated rings. The molecule has 1 aromatic carbocycles. The molecule has 1 aliphatic carbocycles. The average Bonchev–Trinajstić information content (AvgIpc) is 3.46. The van der Waals surface area contributed by atoms with Crippen molar-refractivity contribution in [2.75, 3.05) is 11.9 Å². The van der Waals surface area contributed by atoms with Crippen LogP contribution in [0.3, 0.4) is 0 Å². The van der Waals surface area contributed by atoms with Crippen molar-refractivity contribution in [3.8, 4) is 11.4 Å². The predicted octanol–water partition coefficient (Wildman–Crippen LogP) is 3.56. The summed E-state index contributed by atoms with van der Waals surface area (Å²) in [4.78, 5) is 20.2. The van der Waals surface area contributed by atoms with Gasteiger partial charge in [0.25, 0.3) is 0 Å². The molecule has 0 saturated heterocycles. The van der Waals surface area contributed by atoms with E-state index in [0.717, 1.165) is 16.1 Å². The Morgan fingerprint density at radius 2 is 2.16 bits per heavy atom. The first-order valence-electron chi connectivity index (χ1n) is 10.5. The molecule has 0 radical (unpaired) electrons. The Morgan fingerprint density at radius 1 is 1.34 bits per heavy atom. The number of thiazole rings is 1. The minimum absolute atomic E-state index is 0.202. The third-order valence-corrected chi connectivity index (χ3v) is 6.94. The quantitative estimate of drug-likeness (QED) is 0.626. The molecule has 0 unspecified atom stereocenters. The number of anilines is 1. The molecule has 32 heavy (non-hydrogen) atoms. The standard InChI is InChI=1S/C21H22F2N6O2S/c1-29-27-18(26-28-29)13-4-2-12(3-5-13)17(14-6-8-21(22,23)10-14)19(30)25-20-24-15-7-9-31-11-16(15)32-20/h2-5,14,17H,6-11H2,1H3,(H,24,25,30)/t14-,17+/m0/s1. The second kappa shape index (κ2) is 8.28. The number of tetrazole rings is 1. The van der Waals surface area contributed by atoms with E-state index in [4.69, 9.17) is 4.74 Å². The Bertz CT molecular complexity index is 1110. The molecule has 2 aromatic heterocycles. The van der Waals surface area contributed by atoms with E-state index < -0.39 is 17.8 Å². The lowest BCUT2D eigenvalue weighted by Gasteiger charge is -2.23. The van der Waals surface area contributed by atoms with Crippen molar-refractivity contribution in [3.63, 3.8) is 0 Å². The number of aromatic nitrogens is 5. The van der Waals surface area contributed by atoms with Crippen molar-refractivity contribution in [2.45, 2.75) is 44.1 Å². The largest absolute Gasteiger partial charge is 0.375 e. The van der Waals surface area contributed by atoms with Gasteiger partial charge in [-0.2, -0.15) is 4.80 Å². The molecule has 2 aliphatic rings. The predicted molar refractivity (Wildman–Crippen MR) is 113 cm³/mol. The monoisotopic (exact) mass is 460 g/mol. The van der Waals surface area contributed by atoms with Crippen LogP contribution in [0.2, 0.25) is 0 Å². The van der Waals surface area contributed by atoms with Gasteiger partial charge in [-0.3, -0.25) is 4.79 Å². The fourth-order valence-electron chi connectivity index (χ4n) is 4.41. The molecule has 168 valence electrons. The number of rotatable bonds is 5. The van der Waals surface area contributed by atoms with Crippen molar-refractivity contribution in [1.82, 2.24) is 25.2 Å². The van der Waals surface area contributed by atoms with Crippen LogP contribution in [0.25, 0.3) is 11.4 Å². The Balaban J connectivity index is 1.41. The fraction of sp³-hybridized carbons (Fsp3) is 0.476. The molecule has 5 rings (SSSR count). The van der Waals surface area contributed by atoms with E-state index in [1.54, 1.807) is 31.3 Å². The number of alkyl halides is 2. The van der Waals surface area contributed by atoms with Gasteiger partial charge in [0.15, 0.2) is 5.13 Å². The second-order valence-electron chi connectivity index (χ2n) is 8.24. The van der Waals surface area contributed by atoms with Gasteiger partial charge in [0.05, 0.1) is 36.8 Å². The third kappa shape index (κ3) is 4.26. The molecule has 1 aliphatic heterocycles. The van der Waals surface area contributed by atoms with E-state index in [-0.39, 0.29) is 18.7 Å².